The van der Waals surface area contributed by atoms with Crippen molar-refractivity contribution in [3.8, 4) is 0 Å². The smallest absolute Gasteiger partial charge is 0.303 e. The second-order valence-electron chi connectivity index (χ2n) is 4.98. The lowest BCUT2D eigenvalue weighted by Gasteiger charge is -2.15. The maximum atomic E-state index is 11.9. The van der Waals surface area contributed by atoms with Crippen molar-refractivity contribution in [3.05, 3.63) is 33.2 Å². The summed E-state index contributed by atoms with van der Waals surface area (Å²) in [5.74, 6) is -1.34. The Morgan fingerprint density at radius 3 is 2.80 bits per heavy atom. The van der Waals surface area contributed by atoms with Gasteiger partial charge in [-0.05, 0) is 43.7 Å². The largest absolute Gasteiger partial charge is 0.481 e. The summed E-state index contributed by atoms with van der Waals surface area (Å²) in [7, 11) is 0. The molecule has 0 unspecified atom stereocenters. The molecule has 0 aliphatic heterocycles. The topological polar surface area (TPSA) is 99.3 Å². The summed E-state index contributed by atoms with van der Waals surface area (Å²) >= 11 is 0. The molecule has 0 saturated heterocycles. The summed E-state index contributed by atoms with van der Waals surface area (Å²) in [5.41, 5.74) is 1.71. The van der Waals surface area contributed by atoms with E-state index in [9.17, 15) is 14.4 Å². The number of pyridine rings is 1. The van der Waals surface area contributed by atoms with Crippen LogP contribution in [0.5, 0.6) is 0 Å². The molecule has 1 aliphatic rings. The first-order valence-corrected chi connectivity index (χ1v) is 6.83. The number of nitrogens with one attached hydrogen (secondary N) is 2. The van der Waals surface area contributed by atoms with Gasteiger partial charge in [-0.1, -0.05) is 0 Å². The minimum Gasteiger partial charge on any atom is -0.481 e. The first-order chi connectivity index (χ1) is 9.58. The van der Waals surface area contributed by atoms with Gasteiger partial charge in [-0.3, -0.25) is 14.4 Å². The molecule has 0 aromatic carbocycles. The van der Waals surface area contributed by atoms with E-state index in [4.69, 9.17) is 5.11 Å². The van der Waals surface area contributed by atoms with Gasteiger partial charge in [-0.2, -0.15) is 0 Å². The number of aromatic nitrogens is 1. The third-order valence-corrected chi connectivity index (χ3v) is 3.44. The Hall–Kier alpha value is -2.11. The number of fused-ring (bicyclic) bond motifs is 1. The molecule has 108 valence electrons. The molecule has 0 saturated carbocycles. The molecule has 1 amide bonds. The van der Waals surface area contributed by atoms with Crippen LogP contribution < -0.4 is 10.9 Å². The van der Waals surface area contributed by atoms with E-state index in [-0.39, 0.29) is 24.1 Å². The summed E-state index contributed by atoms with van der Waals surface area (Å²) in [6, 6.07) is 1.67. The van der Waals surface area contributed by atoms with Gasteiger partial charge >= 0.3 is 5.97 Å². The van der Waals surface area contributed by atoms with Crippen molar-refractivity contribution < 1.29 is 14.7 Å². The lowest BCUT2D eigenvalue weighted by molar-refractivity contribution is -0.137. The standard InChI is InChI=1S/C14H18N2O4/c17-12(18)6-3-7-15-13(19)10-8-9-4-1-2-5-11(9)16-14(10)20/h8H,1-7H2,(H,15,19)(H,16,20)(H,17,18). The van der Waals surface area contributed by atoms with Crippen molar-refractivity contribution in [2.45, 2.75) is 38.5 Å². The van der Waals surface area contributed by atoms with E-state index in [1.165, 1.54) is 0 Å². The highest BCUT2D eigenvalue weighted by Crippen LogP contribution is 2.18. The van der Waals surface area contributed by atoms with Gasteiger partial charge in [-0.15, -0.1) is 0 Å². The van der Waals surface area contributed by atoms with E-state index >= 15 is 0 Å². The van der Waals surface area contributed by atoms with Crippen LogP contribution in [0.15, 0.2) is 10.9 Å². The molecule has 1 heterocycles. The highest BCUT2D eigenvalue weighted by Gasteiger charge is 2.16. The van der Waals surface area contributed by atoms with E-state index < -0.39 is 11.9 Å². The van der Waals surface area contributed by atoms with Gasteiger partial charge in [0.1, 0.15) is 5.56 Å². The molecular formula is C14H18N2O4. The zero-order chi connectivity index (χ0) is 14.5. The average molecular weight is 278 g/mol. The van der Waals surface area contributed by atoms with Gasteiger partial charge < -0.3 is 15.4 Å². The van der Waals surface area contributed by atoms with E-state index in [1.54, 1.807) is 6.07 Å². The van der Waals surface area contributed by atoms with Crippen LogP contribution in [0.25, 0.3) is 0 Å². The Morgan fingerprint density at radius 2 is 2.05 bits per heavy atom. The van der Waals surface area contributed by atoms with Gasteiger partial charge in [0.05, 0.1) is 0 Å². The molecule has 2 rings (SSSR count). The van der Waals surface area contributed by atoms with E-state index in [2.05, 4.69) is 10.3 Å². The van der Waals surface area contributed by atoms with Crippen molar-refractivity contribution in [1.29, 1.82) is 0 Å². The highest BCUT2D eigenvalue weighted by atomic mass is 16.4. The number of H-pyrrole nitrogens is 1. The Balaban J connectivity index is 2.02. The molecule has 0 atom stereocenters. The second-order valence-corrected chi connectivity index (χ2v) is 4.98. The molecule has 0 bridgehead atoms. The fraction of sp³-hybridized carbons (Fsp3) is 0.500. The van der Waals surface area contributed by atoms with Crippen molar-refractivity contribution in [2.75, 3.05) is 6.54 Å². The number of hydrogen-bond donors (Lipinski definition) is 3. The quantitative estimate of drug-likeness (QED) is 0.695. The van der Waals surface area contributed by atoms with Crippen LogP contribution in [0.1, 0.15) is 47.3 Å². The van der Waals surface area contributed by atoms with Crippen LogP contribution in [0.3, 0.4) is 0 Å². The highest BCUT2D eigenvalue weighted by molar-refractivity contribution is 5.94. The third kappa shape index (κ3) is 3.46. The number of hydrogen-bond acceptors (Lipinski definition) is 3. The summed E-state index contributed by atoms with van der Waals surface area (Å²) in [6.45, 7) is 0.252. The maximum absolute atomic E-state index is 11.9. The number of aromatic amines is 1. The minimum atomic E-state index is -0.897. The number of carboxylic acid groups (broad SMARTS) is 1. The van der Waals surface area contributed by atoms with Gasteiger partial charge in [0.25, 0.3) is 11.5 Å². The molecule has 3 N–H and O–H groups in total. The molecule has 6 nitrogen and oxygen atoms in total. The summed E-state index contributed by atoms with van der Waals surface area (Å²) in [5, 5.41) is 11.1. The van der Waals surface area contributed by atoms with Crippen LogP contribution in [-0.2, 0) is 17.6 Å². The Labute approximate surface area is 116 Å². The van der Waals surface area contributed by atoms with Crippen LogP contribution in [0, 0.1) is 0 Å². The number of carboxylic acids is 1. The monoisotopic (exact) mass is 278 g/mol. The van der Waals surface area contributed by atoms with Gasteiger partial charge in [0.2, 0.25) is 0 Å². The van der Waals surface area contributed by atoms with Gasteiger partial charge in [0, 0.05) is 18.7 Å². The predicted octanol–water partition coefficient (Wildman–Crippen LogP) is 0.848. The van der Waals surface area contributed by atoms with Crippen LogP contribution in [0.2, 0.25) is 0 Å². The molecule has 0 spiro atoms. The molecule has 1 aromatic heterocycles. The first-order valence-electron chi connectivity index (χ1n) is 6.83. The van der Waals surface area contributed by atoms with E-state index in [0.29, 0.717) is 6.42 Å². The molecule has 0 fully saturated rings. The van der Waals surface area contributed by atoms with E-state index in [0.717, 1.165) is 36.9 Å². The number of carbonyl (C=O) groups is 2. The molecule has 1 aliphatic carbocycles. The number of amides is 1. The molecule has 20 heavy (non-hydrogen) atoms. The summed E-state index contributed by atoms with van der Waals surface area (Å²) in [4.78, 5) is 36.9. The Bertz CT molecular complexity index is 577. The predicted molar refractivity (Wildman–Crippen MR) is 72.9 cm³/mol. The zero-order valence-corrected chi connectivity index (χ0v) is 11.2. The normalized spacial score (nSPS) is 13.6. The van der Waals surface area contributed by atoms with Gasteiger partial charge in [-0.25, -0.2) is 0 Å². The van der Waals surface area contributed by atoms with Crippen molar-refractivity contribution in [2.24, 2.45) is 0 Å². The average Bonchev–Trinajstić information content (AvgIpc) is 2.42. The fourth-order valence-corrected chi connectivity index (χ4v) is 2.38. The number of rotatable bonds is 5. The van der Waals surface area contributed by atoms with Crippen molar-refractivity contribution in [1.82, 2.24) is 10.3 Å². The molecule has 6 heteroatoms. The van der Waals surface area contributed by atoms with E-state index in [1.807, 2.05) is 0 Å². The maximum Gasteiger partial charge on any atom is 0.303 e. The SMILES string of the molecule is O=C(O)CCCNC(=O)c1cc2c([nH]c1=O)CCCC2. The Morgan fingerprint density at radius 1 is 1.30 bits per heavy atom. The zero-order valence-electron chi connectivity index (χ0n) is 11.2. The first kappa shape index (κ1) is 14.3. The summed E-state index contributed by atoms with van der Waals surface area (Å²) in [6.07, 6.45) is 4.21. The molecule has 0 radical (unpaired) electrons. The van der Waals surface area contributed by atoms with Gasteiger partial charge in [0.15, 0.2) is 0 Å². The Kier molecular flexibility index (Phi) is 4.55. The lowest BCUT2D eigenvalue weighted by Crippen LogP contribution is -2.31. The van der Waals surface area contributed by atoms with Crippen molar-refractivity contribution >= 4 is 11.9 Å². The number of aliphatic carboxylic acids is 1. The number of carbonyl (C=O) groups excluding carboxylic acids is 1. The lowest BCUT2D eigenvalue weighted by atomic mass is 9.95. The minimum absolute atomic E-state index is 0.000818. The second kappa shape index (κ2) is 6.36. The van der Waals surface area contributed by atoms with Crippen molar-refractivity contribution in [3.63, 3.8) is 0 Å². The fourth-order valence-electron chi connectivity index (χ4n) is 2.38. The molecular weight excluding hydrogens is 260 g/mol. The van der Waals surface area contributed by atoms with Crippen LogP contribution in [0.4, 0.5) is 0 Å². The molecule has 1 aromatic rings. The third-order valence-electron chi connectivity index (χ3n) is 3.44. The van der Waals surface area contributed by atoms with Crippen LogP contribution >= 0.6 is 0 Å². The number of aryl methyl sites for hydroxylation is 2. The summed E-state index contributed by atoms with van der Waals surface area (Å²) < 4.78 is 0. The van der Waals surface area contributed by atoms with Crippen LogP contribution in [-0.4, -0.2) is 28.5 Å².